The van der Waals surface area contributed by atoms with Gasteiger partial charge in [0.2, 0.25) is 5.91 Å². The molecular weight excluding hydrogens is 238 g/mol. The Hall–Kier alpha value is -1.94. The number of carbonyl (C=O) groups excluding carboxylic acids is 1. The predicted octanol–water partition coefficient (Wildman–Crippen LogP) is 2.55. The minimum absolute atomic E-state index is 0.147. The summed E-state index contributed by atoms with van der Waals surface area (Å²) in [5.41, 5.74) is 6.69. The molecule has 0 saturated carbocycles. The lowest BCUT2D eigenvalue weighted by Gasteiger charge is -2.18. The van der Waals surface area contributed by atoms with E-state index in [0.29, 0.717) is 0 Å². The molecule has 4 heteroatoms. The highest BCUT2D eigenvalue weighted by atomic mass is 16.2. The smallest absolute Gasteiger partial charge is 0.241 e. The van der Waals surface area contributed by atoms with Crippen LogP contribution >= 0.6 is 0 Å². The fourth-order valence-corrected chi connectivity index (χ4v) is 1.95. The van der Waals surface area contributed by atoms with E-state index in [1.807, 2.05) is 38.1 Å². The molecule has 1 aromatic carbocycles. The Morgan fingerprint density at radius 1 is 1.42 bits per heavy atom. The summed E-state index contributed by atoms with van der Waals surface area (Å²) >= 11 is 0. The van der Waals surface area contributed by atoms with Crippen LogP contribution in [0.5, 0.6) is 0 Å². The van der Waals surface area contributed by atoms with Crippen molar-refractivity contribution in [2.24, 2.45) is 11.7 Å². The molecule has 3 N–H and O–H groups in total. The summed E-state index contributed by atoms with van der Waals surface area (Å²) in [4.78, 5) is 16.2. The van der Waals surface area contributed by atoms with Crippen molar-refractivity contribution >= 4 is 22.4 Å². The molecule has 1 heterocycles. The molecule has 19 heavy (non-hydrogen) atoms. The first-order valence-corrected chi connectivity index (χ1v) is 6.52. The van der Waals surface area contributed by atoms with Crippen LogP contribution in [0.3, 0.4) is 0 Å². The lowest BCUT2D eigenvalue weighted by molar-refractivity contribution is -0.118. The van der Waals surface area contributed by atoms with Gasteiger partial charge < -0.3 is 11.1 Å². The van der Waals surface area contributed by atoms with E-state index in [0.717, 1.165) is 22.9 Å². The summed E-state index contributed by atoms with van der Waals surface area (Å²) in [5, 5.41) is 4.87. The monoisotopic (exact) mass is 257 g/mol. The molecule has 1 unspecified atom stereocenters. The zero-order valence-electron chi connectivity index (χ0n) is 11.3. The molecular formula is C15H19N3O. The molecule has 100 valence electrons. The number of hydrogen-bond donors (Lipinski definition) is 2. The number of pyridine rings is 1. The van der Waals surface area contributed by atoms with Crippen molar-refractivity contribution < 1.29 is 4.79 Å². The van der Waals surface area contributed by atoms with Gasteiger partial charge in [-0.05, 0) is 23.4 Å². The Labute approximate surface area is 113 Å². The van der Waals surface area contributed by atoms with Gasteiger partial charge in [0.1, 0.15) is 0 Å². The van der Waals surface area contributed by atoms with Crippen LogP contribution in [-0.2, 0) is 4.79 Å². The third-order valence-corrected chi connectivity index (χ3v) is 3.50. The molecule has 2 aromatic rings. The average molecular weight is 257 g/mol. The van der Waals surface area contributed by atoms with Gasteiger partial charge >= 0.3 is 0 Å². The minimum Gasteiger partial charge on any atom is -0.324 e. The van der Waals surface area contributed by atoms with Crippen molar-refractivity contribution in [1.29, 1.82) is 0 Å². The molecule has 1 amide bonds. The van der Waals surface area contributed by atoms with Gasteiger partial charge in [-0.15, -0.1) is 0 Å². The van der Waals surface area contributed by atoms with Gasteiger partial charge in [-0.1, -0.05) is 32.4 Å². The van der Waals surface area contributed by atoms with Gasteiger partial charge in [-0.3, -0.25) is 9.78 Å². The molecule has 2 atom stereocenters. The topological polar surface area (TPSA) is 68.0 Å². The quantitative estimate of drug-likeness (QED) is 0.884. The Balaban J connectivity index is 2.24. The van der Waals surface area contributed by atoms with Crippen molar-refractivity contribution in [3.8, 4) is 0 Å². The summed E-state index contributed by atoms with van der Waals surface area (Å²) < 4.78 is 0. The maximum absolute atomic E-state index is 12.1. The van der Waals surface area contributed by atoms with Crippen molar-refractivity contribution in [2.75, 3.05) is 5.32 Å². The molecule has 0 radical (unpaired) electrons. The lowest BCUT2D eigenvalue weighted by Crippen LogP contribution is -2.40. The van der Waals surface area contributed by atoms with Gasteiger partial charge in [0.15, 0.2) is 0 Å². The number of nitrogens with one attached hydrogen (secondary N) is 1. The molecule has 0 aliphatic rings. The largest absolute Gasteiger partial charge is 0.324 e. The van der Waals surface area contributed by atoms with Crippen LogP contribution in [0, 0.1) is 5.92 Å². The van der Waals surface area contributed by atoms with Crippen molar-refractivity contribution in [2.45, 2.75) is 26.3 Å². The van der Waals surface area contributed by atoms with Crippen molar-refractivity contribution in [3.63, 3.8) is 0 Å². The number of benzene rings is 1. The number of hydrogen-bond acceptors (Lipinski definition) is 3. The first-order chi connectivity index (χ1) is 9.13. The molecule has 2 rings (SSSR count). The van der Waals surface area contributed by atoms with E-state index in [2.05, 4.69) is 10.3 Å². The first kappa shape index (κ1) is 13.5. The number of carbonyl (C=O) groups is 1. The molecule has 0 aliphatic heterocycles. The maximum atomic E-state index is 12.1. The standard InChI is InChI=1S/C15H19N3O/c1-3-10(2)14(16)15(19)18-13-6-4-5-11-7-8-17-9-12(11)13/h4-10,14H,3,16H2,1-2H3,(H,18,19)/t10?,14-/m0/s1. The first-order valence-electron chi connectivity index (χ1n) is 6.52. The molecule has 0 spiro atoms. The second-order valence-electron chi connectivity index (χ2n) is 4.80. The van der Waals surface area contributed by atoms with Gasteiger partial charge in [-0.25, -0.2) is 0 Å². The van der Waals surface area contributed by atoms with E-state index in [1.165, 1.54) is 0 Å². The Kier molecular flexibility index (Phi) is 4.12. The number of amides is 1. The molecule has 0 bridgehead atoms. The molecule has 0 saturated heterocycles. The summed E-state index contributed by atoms with van der Waals surface area (Å²) in [6.07, 6.45) is 4.37. The van der Waals surface area contributed by atoms with Crippen molar-refractivity contribution in [1.82, 2.24) is 4.98 Å². The highest BCUT2D eigenvalue weighted by Crippen LogP contribution is 2.22. The van der Waals surface area contributed by atoms with E-state index in [1.54, 1.807) is 12.4 Å². The number of anilines is 1. The Morgan fingerprint density at radius 2 is 2.21 bits per heavy atom. The molecule has 1 aromatic heterocycles. The third-order valence-electron chi connectivity index (χ3n) is 3.50. The van der Waals surface area contributed by atoms with E-state index in [-0.39, 0.29) is 11.8 Å². The van der Waals surface area contributed by atoms with Gasteiger partial charge in [0.05, 0.1) is 11.7 Å². The van der Waals surface area contributed by atoms with Crippen LogP contribution in [0.15, 0.2) is 36.7 Å². The SMILES string of the molecule is CCC(C)[C@H](N)C(=O)Nc1cccc2ccncc12. The molecule has 0 fully saturated rings. The van der Waals surface area contributed by atoms with Crippen LogP contribution in [0.25, 0.3) is 10.8 Å². The summed E-state index contributed by atoms with van der Waals surface area (Å²) in [6.45, 7) is 4.01. The highest BCUT2D eigenvalue weighted by Gasteiger charge is 2.19. The van der Waals surface area contributed by atoms with Crippen LogP contribution < -0.4 is 11.1 Å². The Bertz CT molecular complexity index is 577. The van der Waals surface area contributed by atoms with Crippen LogP contribution in [0.4, 0.5) is 5.69 Å². The van der Waals surface area contributed by atoms with E-state index >= 15 is 0 Å². The second kappa shape index (κ2) is 5.80. The van der Waals surface area contributed by atoms with Crippen LogP contribution in [0.2, 0.25) is 0 Å². The molecule has 0 aliphatic carbocycles. The lowest BCUT2D eigenvalue weighted by atomic mass is 9.99. The third kappa shape index (κ3) is 2.90. The highest BCUT2D eigenvalue weighted by molar-refractivity contribution is 6.03. The van der Waals surface area contributed by atoms with E-state index < -0.39 is 6.04 Å². The predicted molar refractivity (Wildman–Crippen MR) is 77.8 cm³/mol. The van der Waals surface area contributed by atoms with Gasteiger partial charge in [-0.2, -0.15) is 0 Å². The van der Waals surface area contributed by atoms with Gasteiger partial charge in [0, 0.05) is 17.8 Å². The zero-order chi connectivity index (χ0) is 13.8. The summed E-state index contributed by atoms with van der Waals surface area (Å²) in [6, 6.07) is 7.19. The van der Waals surface area contributed by atoms with Crippen LogP contribution in [0.1, 0.15) is 20.3 Å². The van der Waals surface area contributed by atoms with Crippen LogP contribution in [-0.4, -0.2) is 16.9 Å². The maximum Gasteiger partial charge on any atom is 0.241 e. The number of fused-ring (bicyclic) bond motifs is 1. The number of nitrogens with two attached hydrogens (primary N) is 1. The number of rotatable bonds is 4. The summed E-state index contributed by atoms with van der Waals surface area (Å²) in [7, 11) is 0. The fraction of sp³-hybridized carbons (Fsp3) is 0.333. The number of nitrogens with zero attached hydrogens (tertiary/aromatic N) is 1. The normalized spacial score (nSPS) is 14.1. The second-order valence-corrected chi connectivity index (χ2v) is 4.80. The number of aromatic nitrogens is 1. The van der Waals surface area contributed by atoms with Gasteiger partial charge in [0.25, 0.3) is 0 Å². The molecule has 4 nitrogen and oxygen atoms in total. The fourth-order valence-electron chi connectivity index (χ4n) is 1.95. The summed E-state index contributed by atoms with van der Waals surface area (Å²) in [5.74, 6) is 0.0128. The van der Waals surface area contributed by atoms with Crippen molar-refractivity contribution in [3.05, 3.63) is 36.7 Å². The van der Waals surface area contributed by atoms with E-state index in [9.17, 15) is 4.79 Å². The average Bonchev–Trinajstić information content (AvgIpc) is 2.46. The Morgan fingerprint density at radius 3 is 2.95 bits per heavy atom. The minimum atomic E-state index is -0.489. The zero-order valence-corrected chi connectivity index (χ0v) is 11.3. The van der Waals surface area contributed by atoms with E-state index in [4.69, 9.17) is 5.73 Å².